The van der Waals surface area contributed by atoms with E-state index in [0.717, 1.165) is 5.69 Å². The molecule has 6 nitrogen and oxygen atoms in total. The van der Waals surface area contributed by atoms with Crippen LogP contribution in [0.4, 0.5) is 5.69 Å². The SMILES string of the molecule is Cc1nc(C)c(C#N)c(SCC(=O)N(Cc2ccco2)c2ccccc2)n1. The van der Waals surface area contributed by atoms with Crippen LogP contribution in [0.15, 0.2) is 58.2 Å². The highest BCUT2D eigenvalue weighted by Crippen LogP contribution is 2.24. The molecule has 0 radical (unpaired) electrons. The van der Waals surface area contributed by atoms with E-state index in [1.54, 1.807) is 31.1 Å². The molecular formula is C20H18N4O2S. The van der Waals surface area contributed by atoms with Crippen molar-refractivity contribution in [2.24, 2.45) is 0 Å². The third kappa shape index (κ3) is 4.54. The molecule has 1 aromatic carbocycles. The molecule has 0 aliphatic heterocycles. The van der Waals surface area contributed by atoms with E-state index in [2.05, 4.69) is 16.0 Å². The summed E-state index contributed by atoms with van der Waals surface area (Å²) in [5.41, 5.74) is 1.82. The van der Waals surface area contributed by atoms with Gasteiger partial charge < -0.3 is 9.32 Å². The molecule has 0 unspecified atom stereocenters. The number of aromatic nitrogens is 2. The average Bonchev–Trinajstić information content (AvgIpc) is 3.18. The number of nitrogens with zero attached hydrogens (tertiary/aromatic N) is 4. The van der Waals surface area contributed by atoms with Crippen LogP contribution in [0.25, 0.3) is 0 Å². The van der Waals surface area contributed by atoms with Crippen LogP contribution in [-0.2, 0) is 11.3 Å². The fourth-order valence-corrected chi connectivity index (χ4v) is 3.56. The lowest BCUT2D eigenvalue weighted by molar-refractivity contribution is -0.116. The first-order chi connectivity index (χ1) is 13.1. The number of carbonyl (C=O) groups is 1. The Morgan fingerprint density at radius 2 is 1.96 bits per heavy atom. The number of benzene rings is 1. The van der Waals surface area contributed by atoms with Crippen molar-refractivity contribution in [3.63, 3.8) is 0 Å². The van der Waals surface area contributed by atoms with Crippen LogP contribution in [0.5, 0.6) is 0 Å². The number of rotatable bonds is 6. The summed E-state index contributed by atoms with van der Waals surface area (Å²) >= 11 is 1.25. The zero-order chi connectivity index (χ0) is 19.2. The molecule has 0 spiro atoms. The molecule has 0 N–H and O–H groups in total. The number of anilines is 1. The Morgan fingerprint density at radius 1 is 1.19 bits per heavy atom. The van der Waals surface area contributed by atoms with Crippen LogP contribution < -0.4 is 4.90 Å². The van der Waals surface area contributed by atoms with Gasteiger partial charge in [-0.1, -0.05) is 30.0 Å². The Balaban J connectivity index is 1.80. The molecule has 7 heteroatoms. The van der Waals surface area contributed by atoms with Crippen molar-refractivity contribution in [3.05, 3.63) is 71.6 Å². The van der Waals surface area contributed by atoms with Gasteiger partial charge in [0.05, 0.1) is 24.3 Å². The number of amides is 1. The fraction of sp³-hybridized carbons (Fsp3) is 0.200. The highest BCUT2D eigenvalue weighted by molar-refractivity contribution is 8.00. The van der Waals surface area contributed by atoms with Gasteiger partial charge in [0.25, 0.3) is 0 Å². The normalized spacial score (nSPS) is 10.4. The summed E-state index contributed by atoms with van der Waals surface area (Å²) < 4.78 is 5.40. The molecule has 2 aromatic heterocycles. The maximum Gasteiger partial charge on any atom is 0.237 e. The number of aryl methyl sites for hydroxylation is 2. The topological polar surface area (TPSA) is 83.0 Å². The van der Waals surface area contributed by atoms with Crippen molar-refractivity contribution in [1.82, 2.24) is 9.97 Å². The highest BCUT2D eigenvalue weighted by Gasteiger charge is 2.19. The van der Waals surface area contributed by atoms with Gasteiger partial charge in [-0.25, -0.2) is 9.97 Å². The molecule has 0 aliphatic carbocycles. The van der Waals surface area contributed by atoms with E-state index in [0.29, 0.717) is 34.4 Å². The van der Waals surface area contributed by atoms with Crippen LogP contribution in [0.3, 0.4) is 0 Å². The standard InChI is InChI=1S/C20H18N4O2S/c1-14-18(11-21)20(23-15(2)22-14)27-13-19(25)24(12-17-9-6-10-26-17)16-7-4-3-5-8-16/h3-10H,12-13H2,1-2H3. The first-order valence-corrected chi connectivity index (χ1v) is 9.33. The molecule has 27 heavy (non-hydrogen) atoms. The van der Waals surface area contributed by atoms with Gasteiger partial charge in [0.2, 0.25) is 5.91 Å². The molecule has 3 rings (SSSR count). The lowest BCUT2D eigenvalue weighted by Crippen LogP contribution is -2.31. The molecule has 0 fully saturated rings. The zero-order valence-electron chi connectivity index (χ0n) is 15.0. The van der Waals surface area contributed by atoms with Crippen molar-refractivity contribution in [2.45, 2.75) is 25.4 Å². The molecule has 0 saturated heterocycles. The minimum absolute atomic E-state index is 0.0968. The van der Waals surface area contributed by atoms with Crippen molar-refractivity contribution < 1.29 is 9.21 Å². The summed E-state index contributed by atoms with van der Waals surface area (Å²) in [6.07, 6.45) is 1.59. The van der Waals surface area contributed by atoms with Gasteiger partial charge in [-0.05, 0) is 38.1 Å². The number of nitriles is 1. The first-order valence-electron chi connectivity index (χ1n) is 8.34. The lowest BCUT2D eigenvalue weighted by Gasteiger charge is -2.21. The van der Waals surface area contributed by atoms with E-state index in [9.17, 15) is 10.1 Å². The number of hydrogen-bond donors (Lipinski definition) is 0. The monoisotopic (exact) mass is 378 g/mol. The van der Waals surface area contributed by atoms with Gasteiger partial charge in [0.1, 0.15) is 28.2 Å². The molecule has 2 heterocycles. The van der Waals surface area contributed by atoms with Gasteiger partial charge >= 0.3 is 0 Å². The average molecular weight is 378 g/mol. The second-order valence-corrected chi connectivity index (χ2v) is 6.80. The molecule has 3 aromatic rings. The molecule has 0 aliphatic rings. The van der Waals surface area contributed by atoms with E-state index >= 15 is 0 Å². The maximum atomic E-state index is 12.9. The number of carbonyl (C=O) groups excluding carboxylic acids is 1. The smallest absolute Gasteiger partial charge is 0.237 e. The Labute approximate surface area is 161 Å². The second-order valence-electron chi connectivity index (χ2n) is 5.83. The minimum atomic E-state index is -0.0968. The van der Waals surface area contributed by atoms with Crippen LogP contribution >= 0.6 is 11.8 Å². The molecule has 1 amide bonds. The van der Waals surface area contributed by atoms with Crippen molar-refractivity contribution in [2.75, 3.05) is 10.7 Å². The van der Waals surface area contributed by atoms with Crippen LogP contribution in [0.1, 0.15) is 22.8 Å². The predicted molar refractivity (Wildman–Crippen MR) is 103 cm³/mol. The molecule has 0 saturated carbocycles. The largest absolute Gasteiger partial charge is 0.467 e. The summed E-state index contributed by atoms with van der Waals surface area (Å²) in [5.74, 6) is 1.33. The molecular weight excluding hydrogens is 360 g/mol. The van der Waals surface area contributed by atoms with Gasteiger partial charge in [0, 0.05) is 5.69 Å². The van der Waals surface area contributed by atoms with Crippen molar-refractivity contribution in [3.8, 4) is 6.07 Å². The van der Waals surface area contributed by atoms with Crippen molar-refractivity contribution in [1.29, 1.82) is 5.26 Å². The van der Waals surface area contributed by atoms with E-state index in [-0.39, 0.29) is 11.7 Å². The number of thioether (sulfide) groups is 1. The van der Waals surface area contributed by atoms with Crippen LogP contribution in [0, 0.1) is 25.2 Å². The molecule has 0 atom stereocenters. The molecule has 0 bridgehead atoms. The summed E-state index contributed by atoms with van der Waals surface area (Å²) in [7, 11) is 0. The number of furan rings is 1. The van der Waals surface area contributed by atoms with Gasteiger partial charge in [-0.2, -0.15) is 5.26 Å². The molecule has 136 valence electrons. The summed E-state index contributed by atoms with van der Waals surface area (Å²) in [4.78, 5) is 23.2. The summed E-state index contributed by atoms with van der Waals surface area (Å²) in [6, 6.07) is 15.2. The van der Waals surface area contributed by atoms with Gasteiger partial charge in [-0.15, -0.1) is 0 Å². The maximum absolute atomic E-state index is 12.9. The predicted octanol–water partition coefficient (Wildman–Crippen LogP) is 3.88. The lowest BCUT2D eigenvalue weighted by atomic mass is 10.2. The fourth-order valence-electron chi connectivity index (χ4n) is 2.61. The Bertz CT molecular complexity index is 966. The van der Waals surface area contributed by atoms with Crippen LogP contribution in [-0.4, -0.2) is 21.6 Å². The summed E-state index contributed by atoms with van der Waals surface area (Å²) in [6.45, 7) is 3.88. The first kappa shape index (κ1) is 18.7. The van der Waals surface area contributed by atoms with E-state index in [1.165, 1.54) is 11.8 Å². The van der Waals surface area contributed by atoms with E-state index in [1.807, 2.05) is 36.4 Å². The highest BCUT2D eigenvalue weighted by atomic mass is 32.2. The minimum Gasteiger partial charge on any atom is -0.467 e. The van der Waals surface area contributed by atoms with Gasteiger partial charge in [0.15, 0.2) is 0 Å². The Hall–Kier alpha value is -3.11. The third-order valence-corrected chi connectivity index (χ3v) is 4.84. The Kier molecular flexibility index (Phi) is 5.89. The van der Waals surface area contributed by atoms with Gasteiger partial charge in [-0.3, -0.25) is 4.79 Å². The van der Waals surface area contributed by atoms with E-state index < -0.39 is 0 Å². The zero-order valence-corrected chi connectivity index (χ0v) is 15.9. The number of para-hydroxylation sites is 1. The van der Waals surface area contributed by atoms with Crippen LogP contribution in [0.2, 0.25) is 0 Å². The quantitative estimate of drug-likeness (QED) is 0.478. The second kappa shape index (κ2) is 8.52. The summed E-state index contributed by atoms with van der Waals surface area (Å²) in [5, 5.41) is 9.89. The number of hydrogen-bond acceptors (Lipinski definition) is 6. The van der Waals surface area contributed by atoms with E-state index in [4.69, 9.17) is 4.42 Å². The van der Waals surface area contributed by atoms with Crippen molar-refractivity contribution >= 4 is 23.4 Å². The Morgan fingerprint density at radius 3 is 2.63 bits per heavy atom. The third-order valence-electron chi connectivity index (χ3n) is 3.88.